The van der Waals surface area contributed by atoms with Crippen molar-refractivity contribution >= 4 is 17.6 Å². The fourth-order valence-corrected chi connectivity index (χ4v) is 6.80. The zero-order valence-electron chi connectivity index (χ0n) is 17.7. The van der Waals surface area contributed by atoms with E-state index in [1.54, 1.807) is 21.3 Å². The van der Waals surface area contributed by atoms with Crippen LogP contribution < -0.4 is 11.5 Å². The van der Waals surface area contributed by atoms with E-state index in [9.17, 15) is 0 Å². The number of hydrogen-bond donors (Lipinski definition) is 2. The lowest BCUT2D eigenvalue weighted by Gasteiger charge is -2.28. The fourth-order valence-electron chi connectivity index (χ4n) is 2.36. The van der Waals surface area contributed by atoms with Gasteiger partial charge in [0.1, 0.15) is 0 Å². The number of unbranched alkanes of at least 4 members (excludes halogenated alkanes) is 1. The Morgan fingerprint density at radius 2 is 0.962 bits per heavy atom. The van der Waals surface area contributed by atoms with Gasteiger partial charge in [-0.1, -0.05) is 0 Å². The summed E-state index contributed by atoms with van der Waals surface area (Å²) in [7, 11) is 0.114. The minimum Gasteiger partial charge on any atom is -0.377 e. The number of nitrogens with two attached hydrogens (primary N) is 2. The van der Waals surface area contributed by atoms with Gasteiger partial charge in [-0.15, -0.1) is 0 Å². The van der Waals surface area contributed by atoms with Crippen molar-refractivity contribution in [3.05, 3.63) is 0 Å². The lowest BCUT2D eigenvalue weighted by Crippen LogP contribution is -2.45. The van der Waals surface area contributed by atoms with Gasteiger partial charge in [-0.3, -0.25) is 0 Å². The second-order valence-corrected chi connectivity index (χ2v) is 11.2. The van der Waals surface area contributed by atoms with Crippen LogP contribution in [-0.4, -0.2) is 71.8 Å². The van der Waals surface area contributed by atoms with Crippen LogP contribution in [0, 0.1) is 0 Å². The van der Waals surface area contributed by atoms with Crippen LogP contribution in [0.1, 0.15) is 40.0 Å². The van der Waals surface area contributed by atoms with Crippen LogP contribution in [0.25, 0.3) is 0 Å². The molecular weight excluding hydrogens is 372 g/mol. The van der Waals surface area contributed by atoms with Crippen LogP contribution >= 0.6 is 0 Å². The molecule has 0 fully saturated rings. The molecule has 0 spiro atoms. The molecule has 0 saturated heterocycles. The van der Waals surface area contributed by atoms with Gasteiger partial charge in [0, 0.05) is 53.2 Å². The maximum atomic E-state index is 5.71. The maximum absolute atomic E-state index is 5.71. The molecule has 4 N–H and O–H groups in total. The highest BCUT2D eigenvalue weighted by molar-refractivity contribution is 6.61. The molecule has 10 heteroatoms. The molecule has 0 aliphatic carbocycles. The van der Waals surface area contributed by atoms with Gasteiger partial charge in [-0.25, -0.2) is 0 Å². The summed E-state index contributed by atoms with van der Waals surface area (Å²) in [5.74, 6) is 0. The first-order valence-corrected chi connectivity index (χ1v) is 13.3. The van der Waals surface area contributed by atoms with Gasteiger partial charge in [-0.2, -0.15) is 0 Å². The third kappa shape index (κ3) is 12.5. The van der Waals surface area contributed by atoms with E-state index in [4.69, 9.17) is 38.0 Å². The van der Waals surface area contributed by atoms with E-state index in [1.807, 2.05) is 20.8 Å². The minimum atomic E-state index is -2.39. The van der Waals surface area contributed by atoms with E-state index >= 15 is 0 Å². The predicted octanol–water partition coefficient (Wildman–Crippen LogP) is 1.99. The van der Waals surface area contributed by atoms with Gasteiger partial charge in [0.05, 0.1) is 0 Å². The van der Waals surface area contributed by atoms with Gasteiger partial charge in [0.25, 0.3) is 0 Å². The van der Waals surface area contributed by atoms with E-state index in [-0.39, 0.29) is 0 Å². The molecule has 0 aromatic rings. The van der Waals surface area contributed by atoms with Crippen molar-refractivity contribution in [1.82, 2.24) is 0 Å². The van der Waals surface area contributed by atoms with Gasteiger partial charge in [-0.05, 0) is 53.1 Å². The average molecular weight is 415 g/mol. The Balaban J connectivity index is 0. The average Bonchev–Trinajstić information content (AvgIpc) is 2.65. The Morgan fingerprint density at radius 1 is 0.577 bits per heavy atom. The summed E-state index contributed by atoms with van der Waals surface area (Å²) in [6, 6.07) is 1.66. The van der Waals surface area contributed by atoms with Gasteiger partial charge < -0.3 is 38.0 Å². The quantitative estimate of drug-likeness (QED) is 0.292. The smallest absolute Gasteiger partial charge is 0.377 e. The van der Waals surface area contributed by atoms with Crippen molar-refractivity contribution < 1.29 is 26.6 Å². The van der Waals surface area contributed by atoms with E-state index in [0.717, 1.165) is 37.9 Å². The maximum Gasteiger partial charge on any atom is 0.500 e. The summed E-state index contributed by atoms with van der Waals surface area (Å²) in [6.45, 7) is 9.23. The molecule has 0 aromatic heterocycles. The van der Waals surface area contributed by atoms with Crippen molar-refractivity contribution in [2.24, 2.45) is 11.5 Å². The molecule has 0 unspecified atom stereocenters. The Kier molecular flexibility index (Phi) is 20.1. The molecule has 0 saturated carbocycles. The van der Waals surface area contributed by atoms with Crippen LogP contribution in [0.2, 0.25) is 12.1 Å². The zero-order valence-corrected chi connectivity index (χ0v) is 19.7. The molecule has 0 heterocycles. The van der Waals surface area contributed by atoms with Gasteiger partial charge in [0.2, 0.25) is 0 Å². The fraction of sp³-hybridized carbons (Fsp3) is 1.00. The zero-order chi connectivity index (χ0) is 20.3. The highest BCUT2D eigenvalue weighted by atomic mass is 28.4. The van der Waals surface area contributed by atoms with E-state index in [2.05, 4.69) is 0 Å². The molecule has 0 radical (unpaired) electrons. The van der Waals surface area contributed by atoms with Crippen LogP contribution in [-0.2, 0) is 26.6 Å². The summed E-state index contributed by atoms with van der Waals surface area (Å²) >= 11 is 0. The summed E-state index contributed by atoms with van der Waals surface area (Å²) in [5.41, 5.74) is 10.8. The molecule has 8 nitrogen and oxygen atoms in total. The van der Waals surface area contributed by atoms with Gasteiger partial charge >= 0.3 is 17.6 Å². The summed E-state index contributed by atoms with van der Waals surface area (Å²) in [6.07, 6.45) is 2.90. The normalized spacial score (nSPS) is 12.0. The Hall–Kier alpha value is 0.114. The molecule has 0 aromatic carbocycles. The van der Waals surface area contributed by atoms with E-state index < -0.39 is 17.6 Å². The molecule has 0 aliphatic heterocycles. The second-order valence-electron chi connectivity index (χ2n) is 5.42. The molecule has 160 valence electrons. The third-order valence-corrected chi connectivity index (χ3v) is 9.63. The molecule has 0 amide bonds. The SMILES string of the molecule is CCO[Si](CCCCN)(OCC)OCC.CO[Si](CCCN)(OC)OC. The predicted molar refractivity (Wildman–Crippen MR) is 109 cm³/mol. The number of rotatable bonds is 16. The van der Waals surface area contributed by atoms with Crippen LogP contribution in [0.5, 0.6) is 0 Å². The van der Waals surface area contributed by atoms with E-state index in [0.29, 0.717) is 26.4 Å². The Labute approximate surface area is 162 Å². The third-order valence-electron chi connectivity index (χ3n) is 3.65. The molecule has 0 rings (SSSR count). The lowest BCUT2D eigenvalue weighted by molar-refractivity contribution is 0.0707. The van der Waals surface area contributed by atoms with Crippen LogP contribution in [0.15, 0.2) is 0 Å². The van der Waals surface area contributed by atoms with Crippen molar-refractivity contribution in [2.45, 2.75) is 52.1 Å². The molecule has 26 heavy (non-hydrogen) atoms. The lowest BCUT2D eigenvalue weighted by atomic mass is 10.3. The second kappa shape index (κ2) is 18.5. The van der Waals surface area contributed by atoms with E-state index in [1.165, 1.54) is 0 Å². The highest BCUT2D eigenvalue weighted by Crippen LogP contribution is 2.18. The van der Waals surface area contributed by atoms with Gasteiger partial charge in [0.15, 0.2) is 0 Å². The topological polar surface area (TPSA) is 107 Å². The molecule has 0 atom stereocenters. The highest BCUT2D eigenvalue weighted by Gasteiger charge is 2.39. The Bertz CT molecular complexity index is 275. The molecule has 0 aliphatic rings. The van der Waals surface area contributed by atoms with Crippen molar-refractivity contribution in [3.63, 3.8) is 0 Å². The summed E-state index contributed by atoms with van der Waals surface area (Å²) in [5, 5.41) is 0. The molecular formula is C16H42N2O6Si2. The first-order chi connectivity index (χ1) is 12.5. The van der Waals surface area contributed by atoms with Crippen LogP contribution in [0.3, 0.4) is 0 Å². The monoisotopic (exact) mass is 414 g/mol. The molecule has 0 bridgehead atoms. The first kappa shape index (κ1) is 28.3. The first-order valence-electron chi connectivity index (χ1n) is 9.46. The van der Waals surface area contributed by atoms with Crippen molar-refractivity contribution in [1.29, 1.82) is 0 Å². The number of hydrogen-bond acceptors (Lipinski definition) is 8. The standard InChI is InChI=1S/C10H25NO3Si.C6H17NO3Si/c1-4-12-15(13-5-2,14-6-3)10-8-7-9-11;1-8-11(9-2,10-3)6-4-5-7/h4-11H2,1-3H3;4-7H2,1-3H3. The van der Waals surface area contributed by atoms with Crippen LogP contribution in [0.4, 0.5) is 0 Å². The van der Waals surface area contributed by atoms with Crippen molar-refractivity contribution in [3.8, 4) is 0 Å². The minimum absolute atomic E-state index is 0.644. The summed E-state index contributed by atoms with van der Waals surface area (Å²) < 4.78 is 32.7. The summed E-state index contributed by atoms with van der Waals surface area (Å²) in [4.78, 5) is 0. The largest absolute Gasteiger partial charge is 0.500 e. The Morgan fingerprint density at radius 3 is 1.27 bits per heavy atom. The van der Waals surface area contributed by atoms with Crippen molar-refractivity contribution in [2.75, 3.05) is 54.2 Å².